The predicted octanol–water partition coefficient (Wildman–Crippen LogP) is 6.62. The summed E-state index contributed by atoms with van der Waals surface area (Å²) in [7, 11) is 0. The molecule has 4 heterocycles. The van der Waals surface area contributed by atoms with E-state index in [0.29, 0.717) is 22.9 Å². The van der Waals surface area contributed by atoms with Crippen LogP contribution in [0.2, 0.25) is 0 Å². The van der Waals surface area contributed by atoms with Crippen LogP contribution in [-0.2, 0) is 19.4 Å². The largest absolute Gasteiger partial charge is 0.452 e. The average molecular weight is 489 g/mol. The van der Waals surface area contributed by atoms with Crippen molar-refractivity contribution in [1.82, 2.24) is 0 Å². The van der Waals surface area contributed by atoms with E-state index in [1.165, 1.54) is 34.7 Å². The van der Waals surface area contributed by atoms with E-state index in [4.69, 9.17) is 13.9 Å². The zero-order valence-electron chi connectivity index (χ0n) is 18.0. The lowest BCUT2D eigenvalue weighted by Crippen LogP contribution is -1.90. The fourth-order valence-electron chi connectivity index (χ4n) is 3.51. The normalized spacial score (nSPS) is 13.4. The molecule has 0 aliphatic carbocycles. The Hall–Kier alpha value is -3.33. The molecule has 2 aromatic heterocycles. The molecule has 0 radical (unpaired) electrons. The van der Waals surface area contributed by atoms with E-state index in [1.54, 1.807) is 18.2 Å². The molecule has 0 saturated heterocycles. The lowest BCUT2D eigenvalue weighted by molar-refractivity contribution is 0.109. The molecule has 6 rings (SSSR count). The highest BCUT2D eigenvalue weighted by atomic mass is 32.2. The molecule has 34 heavy (non-hydrogen) atoms. The van der Waals surface area contributed by atoms with Gasteiger partial charge in [0, 0.05) is 12.8 Å². The number of aliphatic hydroxyl groups is 1. The first kappa shape index (κ1) is 22.5. The number of aldehydes is 1. The average Bonchev–Trinajstić information content (AvgIpc) is 3.65. The van der Waals surface area contributed by atoms with E-state index in [1.807, 2.05) is 42.5 Å². The van der Waals surface area contributed by atoms with Crippen LogP contribution in [0.15, 0.2) is 102 Å². The van der Waals surface area contributed by atoms with Crippen LogP contribution in [-0.4, -0.2) is 21.5 Å². The summed E-state index contributed by atoms with van der Waals surface area (Å²) >= 11 is 2.98. The number of aliphatic hydroxyl groups excluding tert-OH is 1. The van der Waals surface area contributed by atoms with Crippen molar-refractivity contribution < 1.29 is 18.7 Å². The molecule has 0 unspecified atom stereocenters. The van der Waals surface area contributed by atoms with Crippen LogP contribution >= 0.6 is 23.5 Å². The number of thioether (sulfide) groups is 2. The van der Waals surface area contributed by atoms with Crippen LogP contribution in [0.5, 0.6) is 0 Å². The van der Waals surface area contributed by atoms with Gasteiger partial charge in [-0.3, -0.25) is 4.79 Å². The summed E-state index contributed by atoms with van der Waals surface area (Å²) in [5, 5.41) is 12.4. The molecule has 2 aliphatic rings. The standard InChI is InChI=1S/C13H11NO2S.C13H9NO2S/c2*15-8-10-5-6-13(16-10)17-12-7-9-3-1-2-4-11(9)14-12/h1-6,15H,7-8H2;1-6,8H,7H2. The van der Waals surface area contributed by atoms with Crippen molar-refractivity contribution >= 4 is 51.3 Å². The summed E-state index contributed by atoms with van der Waals surface area (Å²) in [6.07, 6.45) is 2.39. The number of para-hydroxylation sites is 2. The van der Waals surface area contributed by atoms with Crippen LogP contribution in [0.4, 0.5) is 11.4 Å². The molecule has 8 heteroatoms. The summed E-state index contributed by atoms with van der Waals surface area (Å²) < 4.78 is 10.7. The molecule has 0 amide bonds. The monoisotopic (exact) mass is 488 g/mol. The van der Waals surface area contributed by atoms with Gasteiger partial charge < -0.3 is 13.9 Å². The minimum absolute atomic E-state index is 0.0622. The summed E-state index contributed by atoms with van der Waals surface area (Å²) in [6.45, 7) is -0.0622. The third-order valence-electron chi connectivity index (χ3n) is 5.10. The lowest BCUT2D eigenvalue weighted by atomic mass is 10.2. The van der Waals surface area contributed by atoms with Crippen LogP contribution in [0.3, 0.4) is 0 Å². The van der Waals surface area contributed by atoms with Crippen LogP contribution < -0.4 is 0 Å². The molecule has 170 valence electrons. The highest BCUT2D eigenvalue weighted by molar-refractivity contribution is 8.14. The SMILES string of the molecule is O=Cc1ccc(SC2=Nc3ccccc3C2)o1.OCc1ccc(SC2=Nc3ccccc3C2)o1. The lowest BCUT2D eigenvalue weighted by Gasteiger charge is -1.95. The first-order chi connectivity index (χ1) is 16.7. The molecule has 6 nitrogen and oxygen atoms in total. The van der Waals surface area contributed by atoms with Crippen molar-refractivity contribution in [3.05, 3.63) is 95.4 Å². The van der Waals surface area contributed by atoms with Crippen molar-refractivity contribution in [3.8, 4) is 0 Å². The predicted molar refractivity (Wildman–Crippen MR) is 135 cm³/mol. The second-order valence-electron chi connectivity index (χ2n) is 7.48. The third kappa shape index (κ3) is 5.25. The summed E-state index contributed by atoms with van der Waals surface area (Å²) in [4.78, 5) is 19.6. The zero-order valence-corrected chi connectivity index (χ0v) is 19.6. The minimum Gasteiger partial charge on any atom is -0.452 e. The van der Waals surface area contributed by atoms with Crippen LogP contribution in [0, 0.1) is 0 Å². The Balaban J connectivity index is 0.000000142. The number of fused-ring (bicyclic) bond motifs is 2. The first-order valence-corrected chi connectivity index (χ1v) is 12.2. The van der Waals surface area contributed by atoms with Crippen molar-refractivity contribution in [2.75, 3.05) is 0 Å². The van der Waals surface area contributed by atoms with Crippen LogP contribution in [0.25, 0.3) is 0 Å². The molecule has 0 fully saturated rings. The van der Waals surface area contributed by atoms with Crippen molar-refractivity contribution in [2.24, 2.45) is 9.98 Å². The molecule has 0 spiro atoms. The zero-order chi connectivity index (χ0) is 23.3. The van der Waals surface area contributed by atoms with Gasteiger partial charge in [-0.25, -0.2) is 9.98 Å². The number of hydrogen-bond acceptors (Lipinski definition) is 8. The summed E-state index contributed by atoms with van der Waals surface area (Å²) in [6, 6.07) is 23.3. The van der Waals surface area contributed by atoms with E-state index in [9.17, 15) is 4.79 Å². The van der Waals surface area contributed by atoms with Gasteiger partial charge in [-0.1, -0.05) is 36.4 Å². The highest BCUT2D eigenvalue weighted by Crippen LogP contribution is 2.34. The van der Waals surface area contributed by atoms with Gasteiger partial charge in [0.05, 0.1) is 21.5 Å². The van der Waals surface area contributed by atoms with Gasteiger partial charge in [-0.05, 0) is 71.0 Å². The minimum atomic E-state index is -0.0622. The smallest absolute Gasteiger partial charge is 0.185 e. The number of nitrogens with zero attached hydrogens (tertiary/aromatic N) is 2. The van der Waals surface area contributed by atoms with Gasteiger partial charge in [-0.15, -0.1) is 0 Å². The molecule has 1 N–H and O–H groups in total. The first-order valence-electron chi connectivity index (χ1n) is 10.6. The Morgan fingerprint density at radius 1 is 0.765 bits per heavy atom. The maximum atomic E-state index is 10.5. The van der Waals surface area contributed by atoms with E-state index in [2.05, 4.69) is 22.1 Å². The number of hydrogen-bond donors (Lipinski definition) is 1. The molecular formula is C26H20N2O4S2. The van der Waals surface area contributed by atoms with E-state index in [-0.39, 0.29) is 6.61 Å². The van der Waals surface area contributed by atoms with E-state index in [0.717, 1.165) is 39.4 Å². The maximum Gasteiger partial charge on any atom is 0.185 e. The molecule has 2 aliphatic heterocycles. The number of carbonyl (C=O) groups is 1. The topological polar surface area (TPSA) is 88.3 Å². The van der Waals surface area contributed by atoms with Gasteiger partial charge >= 0.3 is 0 Å². The number of aliphatic imine (C=N–C) groups is 2. The molecular weight excluding hydrogens is 468 g/mol. The Labute approximate surface area is 204 Å². The van der Waals surface area contributed by atoms with Gasteiger partial charge in [0.1, 0.15) is 12.4 Å². The van der Waals surface area contributed by atoms with Crippen LogP contribution in [0.1, 0.15) is 27.4 Å². The van der Waals surface area contributed by atoms with E-state index < -0.39 is 0 Å². The van der Waals surface area contributed by atoms with E-state index >= 15 is 0 Å². The third-order valence-corrected chi connectivity index (χ3v) is 6.89. The van der Waals surface area contributed by atoms with Gasteiger partial charge in [0.15, 0.2) is 22.2 Å². The number of benzene rings is 2. The van der Waals surface area contributed by atoms with Gasteiger partial charge in [-0.2, -0.15) is 0 Å². The van der Waals surface area contributed by atoms with Crippen molar-refractivity contribution in [3.63, 3.8) is 0 Å². The summed E-state index contributed by atoms with van der Waals surface area (Å²) in [5.74, 6) is 0.937. The Bertz CT molecular complexity index is 1390. The number of carbonyl (C=O) groups excluding carboxylic acids is 1. The molecule has 0 bridgehead atoms. The van der Waals surface area contributed by atoms with Gasteiger partial charge in [0.25, 0.3) is 0 Å². The summed E-state index contributed by atoms with van der Waals surface area (Å²) in [5.41, 5.74) is 4.56. The Morgan fingerprint density at radius 2 is 1.32 bits per heavy atom. The fourth-order valence-corrected chi connectivity index (χ4v) is 5.28. The molecule has 4 aromatic rings. The van der Waals surface area contributed by atoms with Crippen molar-refractivity contribution in [2.45, 2.75) is 29.6 Å². The van der Waals surface area contributed by atoms with Crippen molar-refractivity contribution in [1.29, 1.82) is 0 Å². The van der Waals surface area contributed by atoms with Gasteiger partial charge in [0.2, 0.25) is 0 Å². The number of rotatable bonds is 4. The fraction of sp³-hybridized carbons (Fsp3) is 0.115. The maximum absolute atomic E-state index is 10.5. The second kappa shape index (κ2) is 10.3. The second-order valence-corrected chi connectivity index (χ2v) is 9.64. The Morgan fingerprint density at radius 3 is 1.82 bits per heavy atom. The molecule has 0 saturated carbocycles. The highest BCUT2D eigenvalue weighted by Gasteiger charge is 2.17. The quantitative estimate of drug-likeness (QED) is 0.325. The number of furan rings is 2. The molecule has 2 aromatic carbocycles. The molecule has 0 atom stereocenters. The Kier molecular flexibility index (Phi) is 6.80.